The molecule has 0 aliphatic heterocycles. The monoisotopic (exact) mass is 212 g/mol. The van der Waals surface area contributed by atoms with E-state index in [0.29, 0.717) is 0 Å². The fraction of sp³-hybridized carbons (Fsp3) is 0.167. The number of aryl methyl sites for hydroxylation is 1. The van der Waals surface area contributed by atoms with E-state index in [1.807, 2.05) is 4.68 Å². The number of fused-ring (bicyclic) bond motifs is 1. The molecule has 3 rings (SSSR count). The Hall–Kier alpha value is -2.10. The lowest BCUT2D eigenvalue weighted by molar-refractivity contribution is 0.685. The molecule has 0 radical (unpaired) electrons. The maximum Gasteiger partial charge on any atom is 0.137 e. The molecule has 2 aromatic heterocycles. The van der Waals surface area contributed by atoms with Gasteiger partial charge in [-0.05, 0) is 36.1 Å². The molecule has 1 N–H and O–H groups in total. The zero-order valence-corrected chi connectivity index (χ0v) is 9.01. The first-order valence-electron chi connectivity index (χ1n) is 5.22. The second kappa shape index (κ2) is 3.48. The second-order valence-electron chi connectivity index (χ2n) is 3.97. The third-order valence-electron chi connectivity index (χ3n) is 2.63. The Morgan fingerprint density at radius 1 is 1.31 bits per heavy atom. The van der Waals surface area contributed by atoms with Crippen LogP contribution in [0.25, 0.3) is 10.9 Å². The van der Waals surface area contributed by atoms with E-state index in [9.17, 15) is 0 Å². The van der Waals surface area contributed by atoms with Crippen molar-refractivity contribution < 1.29 is 0 Å². The predicted molar refractivity (Wildman–Crippen MR) is 62.2 cm³/mol. The van der Waals surface area contributed by atoms with Crippen LogP contribution in [-0.2, 0) is 6.54 Å². The summed E-state index contributed by atoms with van der Waals surface area (Å²) in [5, 5.41) is 5.34. The Morgan fingerprint density at radius 3 is 3.06 bits per heavy atom. The lowest BCUT2D eigenvalue weighted by atomic mass is 10.1. The fourth-order valence-electron chi connectivity index (χ4n) is 1.93. The van der Waals surface area contributed by atoms with Crippen LogP contribution in [0.3, 0.4) is 0 Å². The van der Waals surface area contributed by atoms with Crippen molar-refractivity contribution in [1.29, 1.82) is 0 Å². The third-order valence-corrected chi connectivity index (χ3v) is 2.63. The van der Waals surface area contributed by atoms with Crippen molar-refractivity contribution >= 4 is 10.9 Å². The molecule has 0 aliphatic carbocycles. The number of hydrogen-bond acceptors (Lipinski definition) is 2. The van der Waals surface area contributed by atoms with Crippen molar-refractivity contribution in [3.8, 4) is 0 Å². The van der Waals surface area contributed by atoms with E-state index in [-0.39, 0.29) is 0 Å². The lowest BCUT2D eigenvalue weighted by Gasteiger charge is -2.00. The third kappa shape index (κ3) is 1.58. The standard InChI is InChI=1S/C12H12N4/c1-9-4-11-5-10(2-3-12(11)15-9)6-16-8-13-7-14-16/h2-5,7-8,15H,6H2,1H3. The number of nitrogens with one attached hydrogen (secondary N) is 1. The molecule has 4 heteroatoms. The van der Waals surface area contributed by atoms with E-state index < -0.39 is 0 Å². The summed E-state index contributed by atoms with van der Waals surface area (Å²) in [6, 6.07) is 8.55. The zero-order chi connectivity index (χ0) is 11.0. The minimum atomic E-state index is 0.764. The summed E-state index contributed by atoms with van der Waals surface area (Å²) >= 11 is 0. The van der Waals surface area contributed by atoms with E-state index in [2.05, 4.69) is 46.3 Å². The van der Waals surface area contributed by atoms with Crippen molar-refractivity contribution in [3.05, 3.63) is 48.2 Å². The molecule has 0 fully saturated rings. The van der Waals surface area contributed by atoms with Gasteiger partial charge in [0.05, 0.1) is 6.54 Å². The van der Waals surface area contributed by atoms with Crippen LogP contribution in [-0.4, -0.2) is 19.7 Å². The predicted octanol–water partition coefficient (Wildman–Crippen LogP) is 2.12. The van der Waals surface area contributed by atoms with E-state index in [1.165, 1.54) is 22.2 Å². The number of aromatic nitrogens is 4. The van der Waals surface area contributed by atoms with Crippen LogP contribution < -0.4 is 0 Å². The Kier molecular flexibility index (Phi) is 1.99. The fourth-order valence-corrected chi connectivity index (χ4v) is 1.93. The quantitative estimate of drug-likeness (QED) is 0.707. The summed E-state index contributed by atoms with van der Waals surface area (Å²) in [6.07, 6.45) is 3.28. The van der Waals surface area contributed by atoms with E-state index in [0.717, 1.165) is 6.54 Å². The minimum absolute atomic E-state index is 0.764. The first kappa shape index (κ1) is 9.15. The molecule has 80 valence electrons. The summed E-state index contributed by atoms with van der Waals surface area (Å²) in [6.45, 7) is 2.83. The Balaban J connectivity index is 1.98. The second-order valence-corrected chi connectivity index (χ2v) is 3.97. The lowest BCUT2D eigenvalue weighted by Crippen LogP contribution is -1.99. The van der Waals surface area contributed by atoms with E-state index >= 15 is 0 Å². The number of aromatic amines is 1. The largest absolute Gasteiger partial charge is 0.359 e. The average molecular weight is 212 g/mol. The summed E-state index contributed by atoms with van der Waals surface area (Å²) < 4.78 is 1.82. The normalized spacial score (nSPS) is 11.1. The number of rotatable bonds is 2. The molecule has 0 saturated carbocycles. The van der Waals surface area contributed by atoms with Gasteiger partial charge in [0.2, 0.25) is 0 Å². The summed E-state index contributed by atoms with van der Waals surface area (Å²) in [5.41, 5.74) is 3.60. The van der Waals surface area contributed by atoms with Crippen molar-refractivity contribution in [2.75, 3.05) is 0 Å². The first-order chi connectivity index (χ1) is 7.81. The van der Waals surface area contributed by atoms with Gasteiger partial charge in [-0.2, -0.15) is 5.10 Å². The van der Waals surface area contributed by atoms with Crippen molar-refractivity contribution in [2.24, 2.45) is 0 Å². The van der Waals surface area contributed by atoms with Gasteiger partial charge >= 0.3 is 0 Å². The van der Waals surface area contributed by atoms with Crippen LogP contribution in [0, 0.1) is 6.92 Å². The molecule has 0 spiro atoms. The van der Waals surface area contributed by atoms with Crippen molar-refractivity contribution in [1.82, 2.24) is 19.7 Å². The van der Waals surface area contributed by atoms with Crippen LogP contribution in [0.1, 0.15) is 11.3 Å². The smallest absolute Gasteiger partial charge is 0.137 e. The molecule has 0 atom stereocenters. The Morgan fingerprint density at radius 2 is 2.25 bits per heavy atom. The van der Waals surface area contributed by atoms with Gasteiger partial charge in [-0.15, -0.1) is 0 Å². The molecular weight excluding hydrogens is 200 g/mol. The molecule has 16 heavy (non-hydrogen) atoms. The highest BCUT2D eigenvalue weighted by Gasteiger charge is 2.00. The highest BCUT2D eigenvalue weighted by molar-refractivity contribution is 5.81. The van der Waals surface area contributed by atoms with Gasteiger partial charge in [-0.1, -0.05) is 6.07 Å². The van der Waals surface area contributed by atoms with Crippen molar-refractivity contribution in [2.45, 2.75) is 13.5 Å². The molecule has 0 bridgehead atoms. The highest BCUT2D eigenvalue weighted by atomic mass is 15.3. The first-order valence-corrected chi connectivity index (χ1v) is 5.22. The SMILES string of the molecule is Cc1cc2cc(Cn3cncn3)ccc2[nH]1. The summed E-state index contributed by atoms with van der Waals surface area (Å²) in [5.74, 6) is 0. The minimum Gasteiger partial charge on any atom is -0.359 e. The molecule has 4 nitrogen and oxygen atoms in total. The van der Waals surface area contributed by atoms with Crippen LogP contribution in [0.5, 0.6) is 0 Å². The zero-order valence-electron chi connectivity index (χ0n) is 9.01. The van der Waals surface area contributed by atoms with Crippen LogP contribution >= 0.6 is 0 Å². The Labute approximate surface area is 92.9 Å². The van der Waals surface area contributed by atoms with Crippen LogP contribution in [0.4, 0.5) is 0 Å². The molecule has 0 aliphatic rings. The van der Waals surface area contributed by atoms with E-state index in [4.69, 9.17) is 0 Å². The number of nitrogens with zero attached hydrogens (tertiary/aromatic N) is 3. The average Bonchev–Trinajstić information content (AvgIpc) is 2.85. The van der Waals surface area contributed by atoms with Gasteiger partial charge in [0.25, 0.3) is 0 Å². The molecule has 3 aromatic rings. The highest BCUT2D eigenvalue weighted by Crippen LogP contribution is 2.17. The van der Waals surface area contributed by atoms with Gasteiger partial charge in [-0.25, -0.2) is 9.67 Å². The van der Waals surface area contributed by atoms with Gasteiger partial charge < -0.3 is 4.98 Å². The van der Waals surface area contributed by atoms with Gasteiger partial charge in [0, 0.05) is 11.2 Å². The molecule has 2 heterocycles. The number of H-pyrrole nitrogens is 1. The van der Waals surface area contributed by atoms with Crippen LogP contribution in [0.15, 0.2) is 36.9 Å². The van der Waals surface area contributed by atoms with Gasteiger partial charge in [-0.3, -0.25) is 0 Å². The summed E-state index contributed by atoms with van der Waals surface area (Å²) in [7, 11) is 0. The molecule has 0 amide bonds. The van der Waals surface area contributed by atoms with E-state index in [1.54, 1.807) is 12.7 Å². The van der Waals surface area contributed by atoms with Gasteiger partial charge in [0.1, 0.15) is 12.7 Å². The number of hydrogen-bond donors (Lipinski definition) is 1. The summed E-state index contributed by atoms with van der Waals surface area (Å²) in [4.78, 5) is 7.24. The molecule has 0 saturated heterocycles. The van der Waals surface area contributed by atoms with Crippen LogP contribution in [0.2, 0.25) is 0 Å². The van der Waals surface area contributed by atoms with Gasteiger partial charge in [0.15, 0.2) is 0 Å². The topological polar surface area (TPSA) is 46.5 Å². The maximum absolute atomic E-state index is 4.09. The molecule has 0 unspecified atom stereocenters. The van der Waals surface area contributed by atoms with Crippen molar-refractivity contribution in [3.63, 3.8) is 0 Å². The maximum atomic E-state index is 4.09. The molecular formula is C12H12N4. The number of benzene rings is 1. The Bertz CT molecular complexity index is 607. The molecule has 1 aromatic carbocycles.